The number of aliphatic imine (C=N–C) groups is 1. The second-order valence-electron chi connectivity index (χ2n) is 7.17. The number of carbonyl (C=O) groups excluding carboxylic acids is 1. The third-order valence-corrected chi connectivity index (χ3v) is 5.01. The lowest BCUT2D eigenvalue weighted by Gasteiger charge is -2.37. The summed E-state index contributed by atoms with van der Waals surface area (Å²) in [6.45, 7) is 4.71. The van der Waals surface area contributed by atoms with Gasteiger partial charge in [-0.05, 0) is 36.2 Å². The van der Waals surface area contributed by atoms with Gasteiger partial charge in [-0.15, -0.1) is 24.0 Å². The predicted molar refractivity (Wildman–Crippen MR) is 131 cm³/mol. The molecule has 0 saturated carbocycles. The summed E-state index contributed by atoms with van der Waals surface area (Å²) in [5, 5.41) is 6.11. The highest BCUT2D eigenvalue weighted by molar-refractivity contribution is 14.0. The molecule has 6 nitrogen and oxygen atoms in total. The van der Waals surface area contributed by atoms with Crippen molar-refractivity contribution < 1.29 is 13.6 Å². The maximum Gasteiger partial charge on any atom is 0.221 e. The number of guanidine groups is 1. The van der Waals surface area contributed by atoms with E-state index in [0.29, 0.717) is 38.4 Å². The van der Waals surface area contributed by atoms with Crippen LogP contribution in [0.15, 0.2) is 47.5 Å². The lowest BCUT2D eigenvalue weighted by Crippen LogP contribution is -2.53. The van der Waals surface area contributed by atoms with Crippen LogP contribution in [0.25, 0.3) is 0 Å². The number of amides is 1. The van der Waals surface area contributed by atoms with Crippen molar-refractivity contribution in [2.45, 2.75) is 13.3 Å². The predicted octanol–water partition coefficient (Wildman–Crippen LogP) is 3.48. The largest absolute Gasteiger partial charge is 0.366 e. The number of hydrogen-bond donors (Lipinski definition) is 2. The molecule has 168 valence electrons. The standard InChI is InChI=1S/C22H27F2N5O.HI/c1-16(30)27-19-6-3-17(4-7-19)9-10-26-22(25-2)29-13-11-28(12-14-29)21-15-18(23)5-8-20(21)24;/h3-8,15H,9-14H2,1-2H3,(H,25,26)(H,27,30);1H. The fraction of sp³-hybridized carbons (Fsp3) is 0.364. The van der Waals surface area contributed by atoms with Crippen LogP contribution >= 0.6 is 24.0 Å². The van der Waals surface area contributed by atoms with E-state index in [4.69, 9.17) is 0 Å². The van der Waals surface area contributed by atoms with Gasteiger partial charge >= 0.3 is 0 Å². The first-order valence-corrected chi connectivity index (χ1v) is 9.98. The molecular weight excluding hydrogens is 515 g/mol. The van der Waals surface area contributed by atoms with Gasteiger partial charge in [0.2, 0.25) is 5.91 Å². The summed E-state index contributed by atoms with van der Waals surface area (Å²) in [6, 6.07) is 11.3. The van der Waals surface area contributed by atoms with Gasteiger partial charge in [0.15, 0.2) is 5.96 Å². The van der Waals surface area contributed by atoms with Crippen LogP contribution in [0.2, 0.25) is 0 Å². The van der Waals surface area contributed by atoms with E-state index in [2.05, 4.69) is 20.5 Å². The number of carbonyl (C=O) groups is 1. The molecule has 0 atom stereocenters. The van der Waals surface area contributed by atoms with Crippen molar-refractivity contribution >= 4 is 47.2 Å². The molecule has 0 radical (unpaired) electrons. The lowest BCUT2D eigenvalue weighted by molar-refractivity contribution is -0.114. The average Bonchev–Trinajstić information content (AvgIpc) is 2.74. The molecule has 1 fully saturated rings. The summed E-state index contributed by atoms with van der Waals surface area (Å²) in [5.74, 6) is -0.133. The Morgan fingerprint density at radius 3 is 2.35 bits per heavy atom. The van der Waals surface area contributed by atoms with E-state index in [-0.39, 0.29) is 29.9 Å². The van der Waals surface area contributed by atoms with Crippen LogP contribution in [-0.2, 0) is 11.2 Å². The molecule has 1 aliphatic heterocycles. The summed E-state index contributed by atoms with van der Waals surface area (Å²) in [7, 11) is 1.74. The van der Waals surface area contributed by atoms with Gasteiger partial charge in [0.25, 0.3) is 0 Å². The van der Waals surface area contributed by atoms with Crippen molar-refractivity contribution in [1.29, 1.82) is 0 Å². The topological polar surface area (TPSA) is 60.0 Å². The third-order valence-electron chi connectivity index (χ3n) is 5.01. The fourth-order valence-corrected chi connectivity index (χ4v) is 3.50. The van der Waals surface area contributed by atoms with E-state index < -0.39 is 11.6 Å². The number of piperazine rings is 1. The zero-order valence-electron chi connectivity index (χ0n) is 17.7. The smallest absolute Gasteiger partial charge is 0.221 e. The molecule has 0 unspecified atom stereocenters. The van der Waals surface area contributed by atoms with Crippen LogP contribution in [0.4, 0.5) is 20.2 Å². The van der Waals surface area contributed by atoms with Gasteiger partial charge in [0.05, 0.1) is 5.69 Å². The molecule has 2 N–H and O–H groups in total. The highest BCUT2D eigenvalue weighted by Crippen LogP contribution is 2.22. The first kappa shape index (κ1) is 24.8. The molecule has 2 aromatic carbocycles. The van der Waals surface area contributed by atoms with Gasteiger partial charge in [-0.25, -0.2) is 8.78 Å². The molecule has 9 heteroatoms. The number of nitrogens with zero attached hydrogens (tertiary/aromatic N) is 3. The Labute approximate surface area is 198 Å². The zero-order chi connectivity index (χ0) is 21.5. The molecule has 0 spiro atoms. The molecule has 31 heavy (non-hydrogen) atoms. The van der Waals surface area contributed by atoms with Crippen molar-refractivity contribution in [2.75, 3.05) is 50.0 Å². The van der Waals surface area contributed by atoms with Crippen molar-refractivity contribution in [3.8, 4) is 0 Å². The number of anilines is 2. The molecule has 0 bridgehead atoms. The number of rotatable bonds is 5. The Bertz CT molecular complexity index is 899. The van der Waals surface area contributed by atoms with Crippen LogP contribution < -0.4 is 15.5 Å². The minimum atomic E-state index is -0.434. The Morgan fingerprint density at radius 1 is 1.06 bits per heavy atom. The minimum Gasteiger partial charge on any atom is -0.366 e. The molecule has 1 aliphatic rings. The van der Waals surface area contributed by atoms with E-state index in [1.807, 2.05) is 29.2 Å². The van der Waals surface area contributed by atoms with Crippen LogP contribution in [0.3, 0.4) is 0 Å². The number of halogens is 3. The molecule has 0 aliphatic carbocycles. The van der Waals surface area contributed by atoms with Gasteiger partial charge in [-0.1, -0.05) is 12.1 Å². The first-order chi connectivity index (χ1) is 14.5. The summed E-state index contributed by atoms with van der Waals surface area (Å²) in [5.41, 5.74) is 2.24. The molecule has 3 rings (SSSR count). The average molecular weight is 543 g/mol. The van der Waals surface area contributed by atoms with Crippen molar-refractivity contribution in [1.82, 2.24) is 10.2 Å². The van der Waals surface area contributed by atoms with E-state index >= 15 is 0 Å². The minimum absolute atomic E-state index is 0. The van der Waals surface area contributed by atoms with Gasteiger partial charge in [-0.2, -0.15) is 0 Å². The van der Waals surface area contributed by atoms with Gasteiger partial charge in [-0.3, -0.25) is 9.79 Å². The van der Waals surface area contributed by atoms with Crippen molar-refractivity contribution in [3.63, 3.8) is 0 Å². The van der Waals surface area contributed by atoms with Crippen LogP contribution in [-0.4, -0.2) is 56.5 Å². The lowest BCUT2D eigenvalue weighted by atomic mass is 10.1. The SMILES string of the molecule is CN=C(NCCc1ccc(NC(C)=O)cc1)N1CCN(c2cc(F)ccc2F)CC1.I. The van der Waals surface area contributed by atoms with Crippen molar-refractivity contribution in [3.05, 3.63) is 59.7 Å². The summed E-state index contributed by atoms with van der Waals surface area (Å²) < 4.78 is 27.5. The maximum atomic E-state index is 14.0. The Kier molecular flexibility index (Phi) is 9.47. The molecule has 2 aromatic rings. The third kappa shape index (κ3) is 7.05. The quantitative estimate of drug-likeness (QED) is 0.345. The summed E-state index contributed by atoms with van der Waals surface area (Å²) >= 11 is 0. The summed E-state index contributed by atoms with van der Waals surface area (Å²) in [6.07, 6.45) is 0.813. The second kappa shape index (κ2) is 11.8. The Balaban J connectivity index is 0.00000341. The number of benzene rings is 2. The summed E-state index contributed by atoms with van der Waals surface area (Å²) in [4.78, 5) is 19.4. The zero-order valence-corrected chi connectivity index (χ0v) is 20.0. The van der Waals surface area contributed by atoms with E-state index in [1.165, 1.54) is 19.1 Å². The Morgan fingerprint density at radius 2 is 1.74 bits per heavy atom. The van der Waals surface area contributed by atoms with Gasteiger partial charge in [0, 0.05) is 58.4 Å². The normalized spacial score (nSPS) is 14.1. The van der Waals surface area contributed by atoms with Crippen LogP contribution in [0.1, 0.15) is 12.5 Å². The van der Waals surface area contributed by atoms with Crippen molar-refractivity contribution in [2.24, 2.45) is 4.99 Å². The highest BCUT2D eigenvalue weighted by Gasteiger charge is 2.21. The van der Waals surface area contributed by atoms with E-state index in [9.17, 15) is 13.6 Å². The van der Waals surface area contributed by atoms with Crippen LogP contribution in [0, 0.1) is 11.6 Å². The second-order valence-corrected chi connectivity index (χ2v) is 7.17. The van der Waals surface area contributed by atoms with Gasteiger partial charge < -0.3 is 20.4 Å². The Hall–Kier alpha value is -2.43. The fourth-order valence-electron chi connectivity index (χ4n) is 3.50. The number of nitrogens with one attached hydrogen (secondary N) is 2. The van der Waals surface area contributed by atoms with Crippen LogP contribution in [0.5, 0.6) is 0 Å². The molecule has 1 heterocycles. The van der Waals surface area contributed by atoms with E-state index in [0.717, 1.165) is 29.7 Å². The molecule has 0 aromatic heterocycles. The highest BCUT2D eigenvalue weighted by atomic mass is 127. The number of hydrogen-bond acceptors (Lipinski definition) is 3. The maximum absolute atomic E-state index is 14.0. The molecule has 1 saturated heterocycles. The van der Waals surface area contributed by atoms with E-state index in [1.54, 1.807) is 7.05 Å². The van der Waals surface area contributed by atoms with Gasteiger partial charge in [0.1, 0.15) is 11.6 Å². The molecular formula is C22H28F2IN5O. The first-order valence-electron chi connectivity index (χ1n) is 9.98. The molecule has 1 amide bonds. The monoisotopic (exact) mass is 543 g/mol.